The van der Waals surface area contributed by atoms with Crippen molar-refractivity contribution in [3.05, 3.63) is 22.3 Å². The van der Waals surface area contributed by atoms with Crippen LogP contribution in [0.2, 0.25) is 0 Å². The van der Waals surface area contributed by atoms with E-state index in [1.807, 2.05) is 6.07 Å². The van der Waals surface area contributed by atoms with Gasteiger partial charge in [-0.3, -0.25) is 14.5 Å². The maximum atomic E-state index is 10.8. The van der Waals surface area contributed by atoms with Gasteiger partial charge in [-0.05, 0) is 79.4 Å². The maximum absolute atomic E-state index is 10.8. The first-order valence-electron chi connectivity index (χ1n) is 5.30. The number of carboxylic acids is 2. The van der Waals surface area contributed by atoms with Crippen LogP contribution in [-0.2, 0) is 16.1 Å². The van der Waals surface area contributed by atoms with E-state index < -0.39 is 11.9 Å². The van der Waals surface area contributed by atoms with Gasteiger partial charge in [0, 0.05) is 17.3 Å². The van der Waals surface area contributed by atoms with Crippen LogP contribution in [0.4, 0.5) is 5.69 Å². The van der Waals surface area contributed by atoms with Gasteiger partial charge in [-0.2, -0.15) is 0 Å². The lowest BCUT2D eigenvalue weighted by Gasteiger charge is -2.20. The fraction of sp³-hybridized carbons (Fsp3) is 0.273. The van der Waals surface area contributed by atoms with Crippen LogP contribution in [-0.4, -0.2) is 40.1 Å². The molecule has 0 unspecified atom stereocenters. The first-order valence-corrected chi connectivity index (χ1v) is 8.53. The monoisotopic (exact) mass is 616 g/mol. The summed E-state index contributed by atoms with van der Waals surface area (Å²) < 4.78 is 2.69. The lowest BCUT2D eigenvalue weighted by Crippen LogP contribution is -2.34. The van der Waals surface area contributed by atoms with Crippen molar-refractivity contribution in [2.75, 3.05) is 18.8 Å². The van der Waals surface area contributed by atoms with E-state index in [1.165, 1.54) is 4.90 Å². The molecular formula is C11H11I3N2O4. The first kappa shape index (κ1) is 18.2. The highest BCUT2D eigenvalue weighted by Gasteiger charge is 2.19. The molecule has 0 atom stereocenters. The maximum Gasteiger partial charge on any atom is 0.317 e. The van der Waals surface area contributed by atoms with Gasteiger partial charge < -0.3 is 15.9 Å². The molecule has 6 nitrogen and oxygen atoms in total. The number of carbonyl (C=O) groups is 2. The van der Waals surface area contributed by atoms with Crippen molar-refractivity contribution in [1.29, 1.82) is 0 Å². The summed E-state index contributed by atoms with van der Waals surface area (Å²) in [4.78, 5) is 23.0. The van der Waals surface area contributed by atoms with E-state index in [1.54, 1.807) is 0 Å². The Morgan fingerprint density at radius 2 is 1.60 bits per heavy atom. The summed E-state index contributed by atoms with van der Waals surface area (Å²) in [5.74, 6) is -2.12. The minimum atomic E-state index is -1.06. The first-order chi connectivity index (χ1) is 9.22. The van der Waals surface area contributed by atoms with Crippen LogP contribution in [0.1, 0.15) is 5.56 Å². The molecule has 0 amide bonds. The third-order valence-electron chi connectivity index (χ3n) is 2.40. The fourth-order valence-corrected chi connectivity index (χ4v) is 5.28. The Morgan fingerprint density at radius 1 is 1.10 bits per heavy atom. The lowest BCUT2D eigenvalue weighted by molar-refractivity contribution is -0.142. The van der Waals surface area contributed by atoms with Gasteiger partial charge in [0.1, 0.15) is 0 Å². The van der Waals surface area contributed by atoms with Crippen LogP contribution in [0.5, 0.6) is 0 Å². The Bertz CT molecular complexity index is 535. The molecule has 0 aliphatic rings. The van der Waals surface area contributed by atoms with E-state index in [0.717, 1.165) is 16.3 Å². The predicted octanol–water partition coefficient (Wildman–Crippen LogP) is 2.05. The van der Waals surface area contributed by atoms with Crippen molar-refractivity contribution in [2.24, 2.45) is 0 Å². The van der Waals surface area contributed by atoms with Crippen LogP contribution in [0.25, 0.3) is 0 Å². The molecule has 1 aromatic rings. The van der Waals surface area contributed by atoms with Gasteiger partial charge in [0.25, 0.3) is 0 Å². The Hall–Kier alpha value is 0.110. The average Bonchev–Trinajstić information content (AvgIpc) is 2.30. The normalized spacial score (nSPS) is 10.8. The molecule has 0 aliphatic carbocycles. The van der Waals surface area contributed by atoms with Crippen molar-refractivity contribution >= 4 is 85.4 Å². The van der Waals surface area contributed by atoms with Crippen molar-refractivity contribution < 1.29 is 19.8 Å². The zero-order valence-electron chi connectivity index (χ0n) is 10.1. The molecule has 0 spiro atoms. The third kappa shape index (κ3) is 5.14. The van der Waals surface area contributed by atoms with Crippen LogP contribution >= 0.6 is 67.8 Å². The topological polar surface area (TPSA) is 104 Å². The van der Waals surface area contributed by atoms with Gasteiger partial charge in [-0.1, -0.05) is 0 Å². The standard InChI is InChI=1S/C11H11I3N2O4/c12-6-1-7(13)11(15)10(14)5(6)2-16(3-8(17)18)4-9(19)20/h1H,2-4,15H2,(H,17,18)(H,19,20). The summed E-state index contributed by atoms with van der Waals surface area (Å²) in [6.07, 6.45) is 0. The fourth-order valence-electron chi connectivity index (χ4n) is 1.57. The van der Waals surface area contributed by atoms with Crippen molar-refractivity contribution in [1.82, 2.24) is 4.90 Å². The average molecular weight is 616 g/mol. The Kier molecular flexibility index (Phi) is 7.20. The van der Waals surface area contributed by atoms with Crippen LogP contribution < -0.4 is 5.73 Å². The van der Waals surface area contributed by atoms with Crippen molar-refractivity contribution in [3.8, 4) is 0 Å². The minimum Gasteiger partial charge on any atom is -0.480 e. The summed E-state index contributed by atoms with van der Waals surface area (Å²) >= 11 is 6.37. The molecule has 1 rings (SSSR count). The van der Waals surface area contributed by atoms with Gasteiger partial charge in [-0.15, -0.1) is 0 Å². The second-order valence-electron chi connectivity index (χ2n) is 3.98. The highest BCUT2D eigenvalue weighted by atomic mass is 127. The second-order valence-corrected chi connectivity index (χ2v) is 7.38. The largest absolute Gasteiger partial charge is 0.480 e. The molecule has 20 heavy (non-hydrogen) atoms. The van der Waals surface area contributed by atoms with Crippen molar-refractivity contribution in [3.63, 3.8) is 0 Å². The minimum absolute atomic E-state index is 0.232. The molecule has 0 fully saturated rings. The van der Waals surface area contributed by atoms with E-state index >= 15 is 0 Å². The third-order valence-corrected chi connectivity index (χ3v) is 5.49. The number of benzene rings is 1. The number of rotatable bonds is 6. The molecule has 0 saturated heterocycles. The molecule has 0 heterocycles. The van der Waals surface area contributed by atoms with Crippen LogP contribution in [0.3, 0.4) is 0 Å². The molecule has 0 bridgehead atoms. The lowest BCUT2D eigenvalue weighted by atomic mass is 10.2. The molecule has 0 aromatic heterocycles. The molecule has 0 saturated carbocycles. The Balaban J connectivity index is 3.07. The number of aliphatic carboxylic acids is 2. The number of nitrogens with zero attached hydrogens (tertiary/aromatic N) is 1. The summed E-state index contributed by atoms with van der Waals surface area (Å²) in [5, 5.41) is 17.7. The molecule has 9 heteroatoms. The molecule has 0 radical (unpaired) electrons. The van der Waals surface area contributed by atoms with Crippen molar-refractivity contribution in [2.45, 2.75) is 6.54 Å². The van der Waals surface area contributed by atoms with E-state index in [9.17, 15) is 9.59 Å². The predicted molar refractivity (Wildman–Crippen MR) is 99.6 cm³/mol. The molecular weight excluding hydrogens is 605 g/mol. The van der Waals surface area contributed by atoms with Crippen LogP contribution in [0.15, 0.2) is 6.07 Å². The Labute approximate surface area is 156 Å². The number of hydrogen-bond donors (Lipinski definition) is 3. The molecule has 4 N–H and O–H groups in total. The quantitative estimate of drug-likeness (QED) is 0.335. The van der Waals surface area contributed by atoms with Crippen LogP contribution in [0, 0.1) is 10.7 Å². The zero-order valence-corrected chi connectivity index (χ0v) is 16.5. The number of nitrogens with two attached hydrogens (primary N) is 1. The summed E-state index contributed by atoms with van der Waals surface area (Å²) in [6, 6.07) is 1.90. The van der Waals surface area contributed by atoms with E-state index in [4.69, 9.17) is 15.9 Å². The molecule has 110 valence electrons. The number of carboxylic acid groups (broad SMARTS) is 2. The number of hydrogen-bond acceptors (Lipinski definition) is 4. The number of anilines is 1. The van der Waals surface area contributed by atoms with Gasteiger partial charge in [0.05, 0.1) is 18.8 Å². The second kappa shape index (κ2) is 7.93. The summed E-state index contributed by atoms with van der Waals surface area (Å²) in [6.45, 7) is -0.426. The van der Waals surface area contributed by atoms with Gasteiger partial charge in [0.15, 0.2) is 0 Å². The van der Waals surface area contributed by atoms with E-state index in [-0.39, 0.29) is 19.6 Å². The Morgan fingerprint density at radius 3 is 2.05 bits per heavy atom. The number of nitrogen functional groups attached to an aromatic ring is 1. The highest BCUT2D eigenvalue weighted by molar-refractivity contribution is 14.1. The van der Waals surface area contributed by atoms with Gasteiger partial charge in [0.2, 0.25) is 0 Å². The van der Waals surface area contributed by atoms with E-state index in [0.29, 0.717) is 5.69 Å². The smallest absolute Gasteiger partial charge is 0.317 e. The highest BCUT2D eigenvalue weighted by Crippen LogP contribution is 2.30. The molecule has 0 aliphatic heterocycles. The zero-order chi connectivity index (χ0) is 15.4. The molecule has 1 aromatic carbocycles. The summed E-state index contributed by atoms with van der Waals surface area (Å²) in [7, 11) is 0. The summed E-state index contributed by atoms with van der Waals surface area (Å²) in [5.41, 5.74) is 7.45. The SMILES string of the molecule is Nc1c(I)cc(I)c(CN(CC(=O)O)CC(=O)O)c1I. The number of halogens is 3. The van der Waals surface area contributed by atoms with E-state index in [2.05, 4.69) is 67.8 Å². The van der Waals surface area contributed by atoms with Gasteiger partial charge >= 0.3 is 11.9 Å². The van der Waals surface area contributed by atoms with Gasteiger partial charge in [-0.25, -0.2) is 0 Å².